The van der Waals surface area contributed by atoms with Gasteiger partial charge >= 0.3 is 0 Å². The van der Waals surface area contributed by atoms with Crippen LogP contribution in [0.5, 0.6) is 11.5 Å². The van der Waals surface area contributed by atoms with E-state index in [0.717, 1.165) is 36.4 Å². The standard InChI is InChI=1S/C18H20N2O3/c1-22-14-7-8-17(23-2)15(11-14)16-6-4-10-20(16)18(21)13-5-3-9-19-12-13/h3,5,7-9,11-12,16H,4,6,10H2,1-2H3/t16-/m1/s1. The highest BCUT2D eigenvalue weighted by Crippen LogP contribution is 2.39. The van der Waals surface area contributed by atoms with Crippen molar-refractivity contribution in [2.45, 2.75) is 18.9 Å². The van der Waals surface area contributed by atoms with Crippen LogP contribution in [0.2, 0.25) is 0 Å². The molecule has 1 aliphatic rings. The first-order valence-corrected chi connectivity index (χ1v) is 7.67. The minimum Gasteiger partial charge on any atom is -0.497 e. The Bertz CT molecular complexity index is 688. The number of nitrogens with zero attached hydrogens (tertiary/aromatic N) is 2. The third-order valence-corrected chi connectivity index (χ3v) is 4.22. The predicted octanol–water partition coefficient (Wildman–Crippen LogP) is 3.08. The van der Waals surface area contributed by atoms with Gasteiger partial charge < -0.3 is 14.4 Å². The van der Waals surface area contributed by atoms with Crippen molar-refractivity contribution >= 4 is 5.91 Å². The van der Waals surface area contributed by atoms with Crippen LogP contribution >= 0.6 is 0 Å². The van der Waals surface area contributed by atoms with Crippen LogP contribution in [0.25, 0.3) is 0 Å². The van der Waals surface area contributed by atoms with E-state index in [-0.39, 0.29) is 11.9 Å². The Morgan fingerprint density at radius 2 is 2.13 bits per heavy atom. The SMILES string of the molecule is COc1ccc(OC)c([C@H]2CCCN2C(=O)c2cccnc2)c1. The zero-order valence-corrected chi connectivity index (χ0v) is 13.4. The number of benzene rings is 1. The number of carbonyl (C=O) groups is 1. The quantitative estimate of drug-likeness (QED) is 0.870. The lowest BCUT2D eigenvalue weighted by molar-refractivity contribution is 0.0733. The largest absolute Gasteiger partial charge is 0.497 e. The maximum absolute atomic E-state index is 12.8. The van der Waals surface area contributed by atoms with E-state index in [4.69, 9.17) is 9.47 Å². The minimum absolute atomic E-state index is 0.00507. The molecule has 1 aromatic heterocycles. The summed E-state index contributed by atoms with van der Waals surface area (Å²) in [6, 6.07) is 9.29. The van der Waals surface area contributed by atoms with Gasteiger partial charge in [-0.2, -0.15) is 0 Å². The van der Waals surface area contributed by atoms with Gasteiger partial charge in [0.2, 0.25) is 0 Å². The molecule has 1 saturated heterocycles. The summed E-state index contributed by atoms with van der Waals surface area (Å²) in [7, 11) is 3.28. The van der Waals surface area contributed by atoms with E-state index in [1.54, 1.807) is 38.7 Å². The number of ether oxygens (including phenoxy) is 2. The molecule has 1 amide bonds. The van der Waals surface area contributed by atoms with Crippen LogP contribution in [0.1, 0.15) is 34.8 Å². The fourth-order valence-electron chi connectivity index (χ4n) is 3.09. The highest BCUT2D eigenvalue weighted by Gasteiger charge is 2.32. The molecule has 5 heteroatoms. The van der Waals surface area contributed by atoms with E-state index in [2.05, 4.69) is 4.98 Å². The molecule has 120 valence electrons. The van der Waals surface area contributed by atoms with E-state index in [0.29, 0.717) is 5.56 Å². The summed E-state index contributed by atoms with van der Waals surface area (Å²) in [5.74, 6) is 1.55. The number of aromatic nitrogens is 1. The Balaban J connectivity index is 1.94. The maximum atomic E-state index is 12.8. The highest BCUT2D eigenvalue weighted by molar-refractivity contribution is 5.94. The van der Waals surface area contributed by atoms with Crippen LogP contribution in [-0.2, 0) is 0 Å². The maximum Gasteiger partial charge on any atom is 0.255 e. The van der Waals surface area contributed by atoms with Gasteiger partial charge in [-0.25, -0.2) is 0 Å². The van der Waals surface area contributed by atoms with E-state index < -0.39 is 0 Å². The van der Waals surface area contributed by atoms with Gasteiger partial charge in [0.15, 0.2) is 0 Å². The number of carbonyl (C=O) groups excluding carboxylic acids is 1. The predicted molar refractivity (Wildman–Crippen MR) is 86.8 cm³/mol. The Kier molecular flexibility index (Phi) is 4.46. The lowest BCUT2D eigenvalue weighted by atomic mass is 10.0. The summed E-state index contributed by atoms with van der Waals surface area (Å²) in [6.07, 6.45) is 5.16. The van der Waals surface area contributed by atoms with Gasteiger partial charge in [0, 0.05) is 24.5 Å². The van der Waals surface area contributed by atoms with E-state index in [1.807, 2.05) is 23.1 Å². The lowest BCUT2D eigenvalue weighted by Gasteiger charge is -2.26. The van der Waals surface area contributed by atoms with Gasteiger partial charge in [0.25, 0.3) is 5.91 Å². The summed E-state index contributed by atoms with van der Waals surface area (Å²) in [6.45, 7) is 0.735. The number of rotatable bonds is 4. The molecular formula is C18H20N2O3. The van der Waals surface area contributed by atoms with Crippen LogP contribution in [-0.4, -0.2) is 36.6 Å². The monoisotopic (exact) mass is 312 g/mol. The van der Waals surface area contributed by atoms with Gasteiger partial charge in [0.05, 0.1) is 25.8 Å². The Morgan fingerprint density at radius 3 is 2.83 bits per heavy atom. The van der Waals surface area contributed by atoms with Crippen molar-refractivity contribution in [3.05, 3.63) is 53.9 Å². The van der Waals surface area contributed by atoms with Gasteiger partial charge in [0.1, 0.15) is 11.5 Å². The molecule has 0 bridgehead atoms. The van der Waals surface area contributed by atoms with Crippen LogP contribution in [0.3, 0.4) is 0 Å². The number of hydrogen-bond donors (Lipinski definition) is 0. The first kappa shape index (κ1) is 15.3. The van der Waals surface area contributed by atoms with Crippen molar-refractivity contribution in [1.29, 1.82) is 0 Å². The average Bonchev–Trinajstić information content (AvgIpc) is 3.10. The minimum atomic E-state index is -0.00671. The third kappa shape index (κ3) is 2.99. The van der Waals surface area contributed by atoms with Crippen LogP contribution in [0.15, 0.2) is 42.7 Å². The van der Waals surface area contributed by atoms with Crippen molar-refractivity contribution in [3.8, 4) is 11.5 Å². The normalized spacial score (nSPS) is 17.1. The number of methoxy groups -OCH3 is 2. The summed E-state index contributed by atoms with van der Waals surface area (Å²) in [5.41, 5.74) is 1.60. The van der Waals surface area contributed by atoms with Crippen molar-refractivity contribution in [3.63, 3.8) is 0 Å². The van der Waals surface area contributed by atoms with E-state index >= 15 is 0 Å². The molecule has 0 aliphatic carbocycles. The van der Waals surface area contributed by atoms with Crippen molar-refractivity contribution < 1.29 is 14.3 Å². The zero-order valence-electron chi connectivity index (χ0n) is 13.4. The molecule has 5 nitrogen and oxygen atoms in total. The smallest absolute Gasteiger partial charge is 0.255 e. The first-order chi connectivity index (χ1) is 11.2. The summed E-state index contributed by atoms with van der Waals surface area (Å²) >= 11 is 0. The van der Waals surface area contributed by atoms with Crippen LogP contribution in [0, 0.1) is 0 Å². The third-order valence-electron chi connectivity index (χ3n) is 4.22. The second kappa shape index (κ2) is 6.69. The number of amides is 1. The molecule has 3 rings (SSSR count). The fourth-order valence-corrected chi connectivity index (χ4v) is 3.09. The molecule has 0 unspecified atom stereocenters. The summed E-state index contributed by atoms with van der Waals surface area (Å²) in [5, 5.41) is 0. The molecular weight excluding hydrogens is 292 g/mol. The Morgan fingerprint density at radius 1 is 1.26 bits per heavy atom. The molecule has 0 spiro atoms. The first-order valence-electron chi connectivity index (χ1n) is 7.67. The molecule has 23 heavy (non-hydrogen) atoms. The van der Waals surface area contributed by atoms with Gasteiger partial charge in [-0.15, -0.1) is 0 Å². The van der Waals surface area contributed by atoms with E-state index in [9.17, 15) is 4.79 Å². The molecule has 1 fully saturated rings. The average molecular weight is 312 g/mol. The zero-order chi connectivity index (χ0) is 16.2. The second-order valence-corrected chi connectivity index (χ2v) is 5.51. The molecule has 1 aliphatic heterocycles. The number of hydrogen-bond acceptors (Lipinski definition) is 4. The lowest BCUT2D eigenvalue weighted by Crippen LogP contribution is -2.30. The van der Waals surface area contributed by atoms with Gasteiger partial charge in [-0.05, 0) is 43.2 Å². The molecule has 1 aromatic carbocycles. The molecule has 0 saturated carbocycles. The second-order valence-electron chi connectivity index (χ2n) is 5.51. The number of likely N-dealkylation sites (tertiary alicyclic amines) is 1. The molecule has 2 heterocycles. The van der Waals surface area contributed by atoms with Crippen molar-refractivity contribution in [2.24, 2.45) is 0 Å². The summed E-state index contributed by atoms with van der Waals surface area (Å²) < 4.78 is 10.8. The topological polar surface area (TPSA) is 51.7 Å². The van der Waals surface area contributed by atoms with Crippen molar-refractivity contribution in [1.82, 2.24) is 9.88 Å². The summed E-state index contributed by atoms with van der Waals surface area (Å²) in [4.78, 5) is 18.7. The van der Waals surface area contributed by atoms with Gasteiger partial charge in [-0.3, -0.25) is 9.78 Å². The van der Waals surface area contributed by atoms with Gasteiger partial charge in [-0.1, -0.05) is 0 Å². The molecule has 2 aromatic rings. The molecule has 0 radical (unpaired) electrons. The van der Waals surface area contributed by atoms with E-state index in [1.165, 1.54) is 0 Å². The van der Waals surface area contributed by atoms with Crippen LogP contribution in [0.4, 0.5) is 0 Å². The molecule has 1 atom stereocenters. The van der Waals surface area contributed by atoms with Crippen LogP contribution < -0.4 is 9.47 Å². The van der Waals surface area contributed by atoms with Crippen molar-refractivity contribution in [2.75, 3.05) is 20.8 Å². The fraction of sp³-hybridized carbons (Fsp3) is 0.333. The Hall–Kier alpha value is -2.56. The highest BCUT2D eigenvalue weighted by atomic mass is 16.5. The Labute approximate surface area is 135 Å². The number of pyridine rings is 1. The molecule has 0 N–H and O–H groups in total.